The molecule has 70 valence electrons. The van der Waals surface area contributed by atoms with E-state index in [2.05, 4.69) is 20.9 Å². The molecule has 0 saturated carbocycles. The minimum absolute atomic E-state index is 0.221. The number of hydrogen-bond acceptors (Lipinski definition) is 1. The molecule has 0 amide bonds. The van der Waals surface area contributed by atoms with E-state index in [1.807, 2.05) is 12.2 Å². The van der Waals surface area contributed by atoms with Crippen molar-refractivity contribution in [1.82, 2.24) is 4.98 Å². The second-order valence-electron chi connectivity index (χ2n) is 2.53. The highest BCUT2D eigenvalue weighted by molar-refractivity contribution is 9.09. The van der Waals surface area contributed by atoms with E-state index in [0.29, 0.717) is 0 Å². The summed E-state index contributed by atoms with van der Waals surface area (Å²) in [5.41, 5.74) is 1.11. The summed E-state index contributed by atoms with van der Waals surface area (Å²) < 4.78 is 0. The van der Waals surface area contributed by atoms with Gasteiger partial charge < -0.3 is 10.1 Å². The molecule has 4 heteroatoms. The number of carbonyl (C=O) groups is 1. The third kappa shape index (κ3) is 3.06. The average molecular weight is 244 g/mol. The number of alkyl halides is 1. The lowest BCUT2D eigenvalue weighted by Gasteiger charge is -1.83. The standard InChI is InChI=1S/C9H10BrNO2/c10-4-2-1-3-7-5-8(9(12)13)11-6-7/h1,3,5-6,11H,2,4H2,(H,12,13). The molecule has 2 N–H and O–H groups in total. The molecule has 0 aliphatic rings. The molecule has 0 unspecified atom stereocenters. The summed E-state index contributed by atoms with van der Waals surface area (Å²) in [4.78, 5) is 13.2. The number of aromatic nitrogens is 1. The van der Waals surface area contributed by atoms with Gasteiger partial charge in [-0.2, -0.15) is 0 Å². The maximum absolute atomic E-state index is 10.5. The Balaban J connectivity index is 2.64. The third-order valence-corrected chi connectivity index (χ3v) is 1.98. The number of carboxylic acids is 1. The van der Waals surface area contributed by atoms with E-state index in [1.165, 1.54) is 0 Å². The van der Waals surface area contributed by atoms with Gasteiger partial charge in [0.25, 0.3) is 0 Å². The predicted molar refractivity (Wildman–Crippen MR) is 55.2 cm³/mol. The number of halogens is 1. The van der Waals surface area contributed by atoms with Gasteiger partial charge in [-0.25, -0.2) is 4.79 Å². The zero-order valence-corrected chi connectivity index (χ0v) is 8.54. The van der Waals surface area contributed by atoms with Crippen molar-refractivity contribution < 1.29 is 9.90 Å². The number of H-pyrrole nitrogens is 1. The molecule has 0 bridgehead atoms. The molecule has 1 aromatic heterocycles. The van der Waals surface area contributed by atoms with Crippen molar-refractivity contribution in [3.8, 4) is 0 Å². The van der Waals surface area contributed by atoms with Crippen LogP contribution < -0.4 is 0 Å². The van der Waals surface area contributed by atoms with Crippen molar-refractivity contribution in [3.05, 3.63) is 29.6 Å². The molecule has 0 radical (unpaired) electrons. The normalized spacial score (nSPS) is 10.8. The van der Waals surface area contributed by atoms with Gasteiger partial charge in [0.2, 0.25) is 0 Å². The van der Waals surface area contributed by atoms with Crippen LogP contribution in [0.25, 0.3) is 6.08 Å². The lowest BCUT2D eigenvalue weighted by Crippen LogP contribution is -1.94. The van der Waals surface area contributed by atoms with Gasteiger partial charge in [0, 0.05) is 11.5 Å². The molecule has 1 rings (SSSR count). The molecule has 0 saturated heterocycles. The van der Waals surface area contributed by atoms with Gasteiger partial charge >= 0.3 is 5.97 Å². The Hall–Kier alpha value is -1.03. The first kappa shape index (κ1) is 10.1. The number of carboxylic acid groups (broad SMARTS) is 1. The van der Waals surface area contributed by atoms with Crippen LogP contribution in [0.3, 0.4) is 0 Å². The number of aromatic carboxylic acids is 1. The minimum Gasteiger partial charge on any atom is -0.477 e. The lowest BCUT2D eigenvalue weighted by molar-refractivity contribution is 0.0691. The van der Waals surface area contributed by atoms with Crippen molar-refractivity contribution in [2.75, 3.05) is 5.33 Å². The second kappa shape index (κ2) is 4.87. The molecule has 0 aromatic carbocycles. The summed E-state index contributed by atoms with van der Waals surface area (Å²) in [7, 11) is 0. The molecule has 0 fully saturated rings. The summed E-state index contributed by atoms with van der Waals surface area (Å²) in [5, 5.41) is 9.52. The van der Waals surface area contributed by atoms with Crippen LogP contribution in [0.2, 0.25) is 0 Å². The van der Waals surface area contributed by atoms with Crippen LogP contribution in [0.5, 0.6) is 0 Å². The van der Waals surface area contributed by atoms with Gasteiger partial charge in [-0.3, -0.25) is 0 Å². The van der Waals surface area contributed by atoms with Crippen molar-refractivity contribution in [2.24, 2.45) is 0 Å². The number of aromatic amines is 1. The van der Waals surface area contributed by atoms with Crippen LogP contribution in [-0.4, -0.2) is 21.4 Å². The van der Waals surface area contributed by atoms with Crippen molar-refractivity contribution in [3.63, 3.8) is 0 Å². The topological polar surface area (TPSA) is 53.1 Å². The van der Waals surface area contributed by atoms with Crippen molar-refractivity contribution >= 4 is 28.0 Å². The molecule has 1 heterocycles. The first-order chi connectivity index (χ1) is 6.24. The van der Waals surface area contributed by atoms with Crippen LogP contribution in [0.4, 0.5) is 0 Å². The van der Waals surface area contributed by atoms with E-state index in [4.69, 9.17) is 5.11 Å². The maximum Gasteiger partial charge on any atom is 0.352 e. The monoisotopic (exact) mass is 243 g/mol. The highest BCUT2D eigenvalue weighted by Crippen LogP contribution is 2.06. The highest BCUT2D eigenvalue weighted by atomic mass is 79.9. The highest BCUT2D eigenvalue weighted by Gasteiger charge is 2.03. The van der Waals surface area contributed by atoms with Crippen LogP contribution in [0.15, 0.2) is 18.3 Å². The Morgan fingerprint density at radius 3 is 3.00 bits per heavy atom. The van der Waals surface area contributed by atoms with E-state index in [-0.39, 0.29) is 5.69 Å². The van der Waals surface area contributed by atoms with Gasteiger partial charge in [0.1, 0.15) is 5.69 Å². The summed E-state index contributed by atoms with van der Waals surface area (Å²) in [5.74, 6) is -0.930. The molecule has 3 nitrogen and oxygen atoms in total. The molecule has 1 aromatic rings. The Kier molecular flexibility index (Phi) is 3.76. The summed E-state index contributed by atoms with van der Waals surface area (Å²) >= 11 is 3.30. The molecule has 0 aliphatic carbocycles. The third-order valence-electron chi connectivity index (χ3n) is 1.52. The van der Waals surface area contributed by atoms with E-state index in [0.717, 1.165) is 17.3 Å². The number of allylic oxidation sites excluding steroid dienone is 1. The largest absolute Gasteiger partial charge is 0.477 e. The summed E-state index contributed by atoms with van der Waals surface area (Å²) in [6.07, 6.45) is 6.50. The number of rotatable bonds is 4. The fraction of sp³-hybridized carbons (Fsp3) is 0.222. The molecule has 13 heavy (non-hydrogen) atoms. The van der Waals surface area contributed by atoms with Crippen molar-refractivity contribution in [1.29, 1.82) is 0 Å². The first-order valence-corrected chi connectivity index (χ1v) is 5.00. The SMILES string of the molecule is O=C(O)c1cc(C=CCCBr)c[nH]1. The first-order valence-electron chi connectivity index (χ1n) is 3.88. The average Bonchev–Trinajstić information content (AvgIpc) is 2.53. The molecule has 0 atom stereocenters. The molecular weight excluding hydrogens is 234 g/mol. The fourth-order valence-corrected chi connectivity index (χ4v) is 1.18. The van der Waals surface area contributed by atoms with Gasteiger partial charge in [-0.05, 0) is 18.1 Å². The summed E-state index contributed by atoms with van der Waals surface area (Å²) in [6, 6.07) is 1.60. The van der Waals surface area contributed by atoms with Crippen LogP contribution >= 0.6 is 15.9 Å². The quantitative estimate of drug-likeness (QED) is 0.799. The van der Waals surface area contributed by atoms with Crippen LogP contribution in [0, 0.1) is 0 Å². The smallest absolute Gasteiger partial charge is 0.352 e. The second-order valence-corrected chi connectivity index (χ2v) is 3.32. The van der Waals surface area contributed by atoms with Gasteiger partial charge in [0.05, 0.1) is 0 Å². The maximum atomic E-state index is 10.5. The Morgan fingerprint density at radius 1 is 1.69 bits per heavy atom. The van der Waals surface area contributed by atoms with E-state index in [1.54, 1.807) is 12.3 Å². The van der Waals surface area contributed by atoms with Crippen molar-refractivity contribution in [2.45, 2.75) is 6.42 Å². The van der Waals surface area contributed by atoms with Gasteiger partial charge in [-0.1, -0.05) is 28.1 Å². The van der Waals surface area contributed by atoms with Crippen LogP contribution in [0.1, 0.15) is 22.5 Å². The van der Waals surface area contributed by atoms with E-state index < -0.39 is 5.97 Å². The fourth-order valence-electron chi connectivity index (χ4n) is 0.913. The van der Waals surface area contributed by atoms with E-state index >= 15 is 0 Å². The Bertz CT molecular complexity index is 317. The Morgan fingerprint density at radius 2 is 2.46 bits per heavy atom. The van der Waals surface area contributed by atoms with Gasteiger partial charge in [-0.15, -0.1) is 0 Å². The zero-order valence-electron chi connectivity index (χ0n) is 6.96. The number of hydrogen-bond donors (Lipinski definition) is 2. The lowest BCUT2D eigenvalue weighted by atomic mass is 10.2. The predicted octanol–water partition coefficient (Wildman–Crippen LogP) is 2.51. The minimum atomic E-state index is -0.930. The van der Waals surface area contributed by atoms with Crippen LogP contribution in [-0.2, 0) is 0 Å². The van der Waals surface area contributed by atoms with Gasteiger partial charge in [0.15, 0.2) is 0 Å². The molecule has 0 aliphatic heterocycles. The number of nitrogens with one attached hydrogen (secondary N) is 1. The van der Waals surface area contributed by atoms with E-state index in [9.17, 15) is 4.79 Å². The zero-order chi connectivity index (χ0) is 9.68. The Labute approximate surface area is 84.6 Å². The molecular formula is C9H10BrNO2. The summed E-state index contributed by atoms with van der Waals surface area (Å²) in [6.45, 7) is 0. The molecule has 0 spiro atoms.